The summed E-state index contributed by atoms with van der Waals surface area (Å²) in [5.41, 5.74) is 2.37. The number of hydrogen-bond acceptors (Lipinski definition) is 3. The maximum Gasteiger partial charge on any atom is 0.152 e. The Balaban J connectivity index is 3.45. The summed E-state index contributed by atoms with van der Waals surface area (Å²) in [6, 6.07) is 0. The lowest BCUT2D eigenvalue weighted by atomic mass is 9.97. The summed E-state index contributed by atoms with van der Waals surface area (Å²) in [5, 5.41) is 19.8. The molecule has 0 fully saturated rings. The van der Waals surface area contributed by atoms with E-state index in [0.717, 1.165) is 0 Å². The second-order valence-electron chi connectivity index (χ2n) is 3.93. The van der Waals surface area contributed by atoms with E-state index >= 15 is 0 Å². The van der Waals surface area contributed by atoms with Crippen molar-refractivity contribution in [3.05, 3.63) is 28.3 Å². The normalized spacial score (nSPS) is 11.0. The van der Waals surface area contributed by atoms with Crippen molar-refractivity contribution in [2.45, 2.75) is 27.7 Å². The van der Waals surface area contributed by atoms with Gasteiger partial charge < -0.3 is 10.2 Å². The third-order valence-electron chi connectivity index (χ3n) is 2.77. The number of allylic oxidation sites excluding steroid dienone is 1. The average Bonchev–Trinajstić information content (AvgIpc) is 2.23. The summed E-state index contributed by atoms with van der Waals surface area (Å²) >= 11 is 0. The van der Waals surface area contributed by atoms with Crippen molar-refractivity contribution >= 4 is 11.9 Å². The fourth-order valence-electron chi connectivity index (χ4n) is 1.55. The molecule has 86 valence electrons. The number of benzene rings is 1. The van der Waals surface area contributed by atoms with E-state index in [0.29, 0.717) is 22.3 Å². The van der Waals surface area contributed by atoms with Crippen molar-refractivity contribution < 1.29 is 15.0 Å². The number of phenols is 2. The largest absolute Gasteiger partial charge is 0.507 e. The van der Waals surface area contributed by atoms with Crippen molar-refractivity contribution in [2.24, 2.45) is 0 Å². The van der Waals surface area contributed by atoms with Gasteiger partial charge in [0, 0.05) is 11.1 Å². The Bertz CT molecular complexity index is 442. The van der Waals surface area contributed by atoms with Crippen LogP contribution in [-0.2, 0) is 4.79 Å². The zero-order valence-corrected chi connectivity index (χ0v) is 9.96. The minimum Gasteiger partial charge on any atom is -0.507 e. The van der Waals surface area contributed by atoms with Gasteiger partial charge >= 0.3 is 0 Å². The highest BCUT2D eigenvalue weighted by Crippen LogP contribution is 2.36. The summed E-state index contributed by atoms with van der Waals surface area (Å²) in [7, 11) is 0. The second-order valence-corrected chi connectivity index (χ2v) is 3.93. The predicted molar refractivity (Wildman–Crippen MR) is 63.7 cm³/mol. The van der Waals surface area contributed by atoms with Crippen LogP contribution in [0.15, 0.2) is 6.08 Å². The van der Waals surface area contributed by atoms with Gasteiger partial charge in [-0.25, -0.2) is 0 Å². The van der Waals surface area contributed by atoms with Crippen molar-refractivity contribution in [1.82, 2.24) is 0 Å². The van der Waals surface area contributed by atoms with E-state index in [2.05, 4.69) is 0 Å². The molecule has 1 rings (SSSR count). The van der Waals surface area contributed by atoms with Crippen LogP contribution in [-0.4, -0.2) is 16.0 Å². The van der Waals surface area contributed by atoms with Gasteiger partial charge in [-0.2, -0.15) is 0 Å². The van der Waals surface area contributed by atoms with Crippen molar-refractivity contribution in [3.8, 4) is 11.5 Å². The highest BCUT2D eigenvalue weighted by molar-refractivity contribution is 5.92. The molecule has 2 N–H and O–H groups in total. The first kappa shape index (κ1) is 12.3. The summed E-state index contributed by atoms with van der Waals surface area (Å²) < 4.78 is 0. The molecular weight excluding hydrogens is 204 g/mol. The van der Waals surface area contributed by atoms with Crippen LogP contribution in [0.25, 0.3) is 6.08 Å². The lowest BCUT2D eigenvalue weighted by molar-refractivity contribution is -0.112. The molecule has 0 atom stereocenters. The standard InChI is InChI=1S/C13H16O3/c1-7(14)5-6-11-10(4)12(15)8(2)9(3)13(11)16/h5-6,15-16H,1-4H3. The lowest BCUT2D eigenvalue weighted by Crippen LogP contribution is -1.92. The van der Waals surface area contributed by atoms with Crippen LogP contribution in [0.1, 0.15) is 29.2 Å². The van der Waals surface area contributed by atoms with E-state index in [1.54, 1.807) is 20.8 Å². The van der Waals surface area contributed by atoms with E-state index in [9.17, 15) is 15.0 Å². The summed E-state index contributed by atoms with van der Waals surface area (Å²) in [6.45, 7) is 6.62. The molecule has 0 bridgehead atoms. The Kier molecular flexibility index (Phi) is 3.38. The Morgan fingerprint density at radius 2 is 1.50 bits per heavy atom. The van der Waals surface area contributed by atoms with Gasteiger partial charge in [0.15, 0.2) is 5.78 Å². The lowest BCUT2D eigenvalue weighted by Gasteiger charge is -2.13. The van der Waals surface area contributed by atoms with Crippen molar-refractivity contribution in [1.29, 1.82) is 0 Å². The van der Waals surface area contributed by atoms with Gasteiger partial charge in [-0.1, -0.05) is 0 Å². The molecule has 0 aromatic heterocycles. The molecule has 0 unspecified atom stereocenters. The first-order chi connectivity index (χ1) is 7.36. The molecule has 16 heavy (non-hydrogen) atoms. The van der Waals surface area contributed by atoms with Gasteiger partial charge in [0.2, 0.25) is 0 Å². The molecule has 0 saturated heterocycles. The molecule has 0 amide bonds. The predicted octanol–water partition coefficient (Wildman–Crippen LogP) is 2.63. The van der Waals surface area contributed by atoms with Crippen LogP contribution in [0.5, 0.6) is 11.5 Å². The van der Waals surface area contributed by atoms with Gasteiger partial charge in [-0.3, -0.25) is 4.79 Å². The van der Waals surface area contributed by atoms with Crippen LogP contribution in [0.2, 0.25) is 0 Å². The molecule has 1 aromatic rings. The molecule has 3 heteroatoms. The topological polar surface area (TPSA) is 57.5 Å². The molecule has 3 nitrogen and oxygen atoms in total. The van der Waals surface area contributed by atoms with Gasteiger partial charge in [0.25, 0.3) is 0 Å². The molecule has 0 aliphatic rings. The maximum absolute atomic E-state index is 10.8. The van der Waals surface area contributed by atoms with Crippen LogP contribution in [0.4, 0.5) is 0 Å². The summed E-state index contributed by atoms with van der Waals surface area (Å²) in [4.78, 5) is 10.8. The Morgan fingerprint density at radius 1 is 1.00 bits per heavy atom. The Morgan fingerprint density at radius 3 is 2.00 bits per heavy atom. The molecular formula is C13H16O3. The van der Waals surface area contributed by atoms with Crippen molar-refractivity contribution in [3.63, 3.8) is 0 Å². The second kappa shape index (κ2) is 4.39. The SMILES string of the molecule is CC(=O)C=Cc1c(C)c(O)c(C)c(C)c1O. The first-order valence-electron chi connectivity index (χ1n) is 5.06. The van der Waals surface area contributed by atoms with Gasteiger partial charge in [0.1, 0.15) is 11.5 Å². The number of hydrogen-bond donors (Lipinski definition) is 2. The Labute approximate surface area is 95.0 Å². The fraction of sp³-hybridized carbons (Fsp3) is 0.308. The van der Waals surface area contributed by atoms with Crippen LogP contribution in [0, 0.1) is 20.8 Å². The minimum absolute atomic E-state index is 0.100. The van der Waals surface area contributed by atoms with E-state index in [1.165, 1.54) is 19.1 Å². The van der Waals surface area contributed by atoms with Crippen LogP contribution in [0.3, 0.4) is 0 Å². The van der Waals surface area contributed by atoms with Gasteiger partial charge in [-0.05, 0) is 51.0 Å². The highest BCUT2D eigenvalue weighted by atomic mass is 16.3. The van der Waals surface area contributed by atoms with E-state index in [4.69, 9.17) is 0 Å². The number of rotatable bonds is 2. The van der Waals surface area contributed by atoms with Crippen LogP contribution >= 0.6 is 0 Å². The highest BCUT2D eigenvalue weighted by Gasteiger charge is 2.14. The molecule has 0 saturated carbocycles. The Hall–Kier alpha value is -1.77. The third-order valence-corrected chi connectivity index (χ3v) is 2.77. The first-order valence-corrected chi connectivity index (χ1v) is 5.06. The average molecular weight is 220 g/mol. The van der Waals surface area contributed by atoms with E-state index < -0.39 is 0 Å². The molecule has 0 radical (unpaired) electrons. The molecule has 0 heterocycles. The van der Waals surface area contributed by atoms with Crippen molar-refractivity contribution in [2.75, 3.05) is 0 Å². The minimum atomic E-state index is -0.100. The number of aromatic hydroxyl groups is 2. The summed E-state index contributed by atoms with van der Waals surface area (Å²) in [5.74, 6) is 0.181. The maximum atomic E-state index is 10.8. The molecule has 0 aliphatic heterocycles. The quantitative estimate of drug-likeness (QED) is 0.595. The van der Waals surface area contributed by atoms with E-state index in [1.807, 2.05) is 0 Å². The molecule has 1 aromatic carbocycles. The number of carbonyl (C=O) groups is 1. The molecule has 0 aliphatic carbocycles. The summed E-state index contributed by atoms with van der Waals surface area (Å²) in [6.07, 6.45) is 2.90. The zero-order valence-electron chi connectivity index (χ0n) is 9.96. The number of carbonyl (C=O) groups excluding carboxylic acids is 1. The fourth-order valence-corrected chi connectivity index (χ4v) is 1.55. The monoisotopic (exact) mass is 220 g/mol. The number of ketones is 1. The van der Waals surface area contributed by atoms with Gasteiger partial charge in [0.05, 0.1) is 0 Å². The van der Waals surface area contributed by atoms with E-state index in [-0.39, 0.29) is 17.3 Å². The zero-order chi connectivity index (χ0) is 12.5. The third kappa shape index (κ3) is 2.08. The smallest absolute Gasteiger partial charge is 0.152 e. The van der Waals surface area contributed by atoms with Gasteiger partial charge in [-0.15, -0.1) is 0 Å². The number of phenolic OH excluding ortho intramolecular Hbond substituents is 2. The van der Waals surface area contributed by atoms with Crippen LogP contribution < -0.4 is 0 Å². The molecule has 0 spiro atoms.